The molecule has 2 aliphatic rings. The summed E-state index contributed by atoms with van der Waals surface area (Å²) in [6.07, 6.45) is 0. The van der Waals surface area contributed by atoms with Crippen LogP contribution in [0.1, 0.15) is 169 Å². The van der Waals surface area contributed by atoms with Gasteiger partial charge in [0.05, 0.1) is 49.8 Å². The normalized spacial score (nSPS) is 14.4. The molecule has 0 N–H and O–H groups in total. The molecule has 5 nitrogen and oxygen atoms in total. The van der Waals surface area contributed by atoms with E-state index in [-0.39, 0.29) is 73.1 Å². The lowest BCUT2D eigenvalue weighted by Crippen LogP contribution is -2.60. The molecule has 0 saturated carbocycles. The number of furan rings is 1. The van der Waals surface area contributed by atoms with Crippen LogP contribution in [-0.2, 0) is 32.5 Å². The fourth-order valence-electron chi connectivity index (χ4n) is 19.2. The highest BCUT2D eigenvalue weighted by molar-refractivity contribution is 8.00. The van der Waals surface area contributed by atoms with Crippen molar-refractivity contribution in [2.45, 2.75) is 167 Å². The number of nitrogens with zero attached hydrogens (tertiary/aromatic N) is 4. The molecule has 0 fully saturated rings. The first-order valence-corrected chi connectivity index (χ1v) is 43.5. The lowest BCUT2D eigenvalue weighted by Gasteiger charge is -2.42. The van der Waals surface area contributed by atoms with Gasteiger partial charge in [-0.3, -0.25) is 0 Å². The molecule has 21 rings (SSSR count). The van der Waals surface area contributed by atoms with E-state index < -0.39 is 36.3 Å². The van der Waals surface area contributed by atoms with Crippen molar-refractivity contribution in [2.75, 3.05) is 4.90 Å². The zero-order chi connectivity index (χ0) is 90.6. The first-order valence-electron chi connectivity index (χ1n) is 46.6. The molecule has 0 bridgehead atoms. The van der Waals surface area contributed by atoms with Gasteiger partial charge in [0.1, 0.15) is 11.2 Å². The van der Waals surface area contributed by atoms with Crippen molar-refractivity contribution in [2.24, 2.45) is 0 Å². The second-order valence-corrected chi connectivity index (χ2v) is 41.1. The summed E-state index contributed by atoms with van der Waals surface area (Å²) >= 11 is 1.66. The molecule has 0 aliphatic carbocycles. The summed E-state index contributed by atoms with van der Waals surface area (Å²) in [5.74, 6) is 0. The molecule has 0 spiro atoms. The van der Waals surface area contributed by atoms with E-state index >= 15 is 0 Å². The third-order valence-electron chi connectivity index (χ3n) is 25.8. The molecule has 0 saturated heterocycles. The van der Waals surface area contributed by atoms with E-state index in [4.69, 9.17) is 7.16 Å². The maximum atomic E-state index is 9.76. The van der Waals surface area contributed by atoms with Crippen molar-refractivity contribution in [3.05, 3.63) is 330 Å². The Labute approximate surface area is 727 Å². The first kappa shape index (κ1) is 67.5. The van der Waals surface area contributed by atoms with Crippen molar-refractivity contribution < 1.29 is 15.4 Å². The van der Waals surface area contributed by atoms with Gasteiger partial charge in [0.15, 0.2) is 0 Å². The standard InChI is InChI=1S/C114H103BN4OS/c1-109(2,3)72-46-52-96-87(62-72)88-63-73(110(4,5)6)47-53-97(88)116(96)78-48-50-91-99(66-78)119(100-58-71(69-54-74(111(7,8)9)60-75(55-69)112(10,11)12)59-104-107(100)115(91)92-51-49-79(67-103(92)121-104)117-93-40-26-22-34-81(93)82-35-23-27-41-94(82)117)108-89(64-77(114(16,17)18)65-90(108)84-39-31-45-102-106(84)86-37-25-29-44-101(86)120-102)83-38-30-43-98-105(83)85-36-24-28-42-95(85)118(98)80-57-70(68-32-20-19-21-33-68)56-76(61-80)113(13,14)15/h19-67H,1-18H3/i22D,23D,26D,27D,34D,35D,40D,41D. The van der Waals surface area contributed by atoms with Gasteiger partial charge in [-0.2, -0.15) is 0 Å². The average molecular weight is 1600 g/mol. The number of anilines is 3. The van der Waals surface area contributed by atoms with E-state index in [1.165, 1.54) is 38.6 Å². The first-order chi connectivity index (χ1) is 61.1. The Morgan fingerprint density at radius 2 is 0.769 bits per heavy atom. The van der Waals surface area contributed by atoms with E-state index in [0.717, 1.165) is 159 Å². The fraction of sp³-hybridized carbons (Fsp3) is 0.211. The molecule has 6 heterocycles. The van der Waals surface area contributed by atoms with Crippen LogP contribution in [0.5, 0.6) is 0 Å². The molecule has 0 radical (unpaired) electrons. The van der Waals surface area contributed by atoms with Gasteiger partial charge in [0.2, 0.25) is 6.71 Å². The minimum atomic E-state index is -0.488. The van der Waals surface area contributed by atoms with E-state index in [1.54, 1.807) is 16.3 Å². The summed E-state index contributed by atoms with van der Waals surface area (Å²) in [6, 6.07) is 90.3. The Morgan fingerprint density at radius 3 is 1.39 bits per heavy atom. The second kappa shape index (κ2) is 27.1. The van der Waals surface area contributed by atoms with Crippen molar-refractivity contribution in [3.63, 3.8) is 0 Å². The summed E-state index contributed by atoms with van der Waals surface area (Å²) in [6.45, 7) is 41.1. The predicted octanol–water partition coefficient (Wildman–Crippen LogP) is 30.1. The van der Waals surface area contributed by atoms with Gasteiger partial charge >= 0.3 is 0 Å². The fourth-order valence-corrected chi connectivity index (χ4v) is 20.4. The molecule has 121 heavy (non-hydrogen) atoms. The summed E-state index contributed by atoms with van der Waals surface area (Å²) in [7, 11) is 0. The highest BCUT2D eigenvalue weighted by Crippen LogP contribution is 2.56. The minimum Gasteiger partial charge on any atom is -0.456 e. The van der Waals surface area contributed by atoms with E-state index in [0.29, 0.717) is 5.69 Å². The highest BCUT2D eigenvalue weighted by Gasteiger charge is 2.44. The maximum absolute atomic E-state index is 9.76. The number of hydrogen-bond acceptors (Lipinski definition) is 3. The number of para-hydroxylation sites is 4. The average Bonchev–Trinajstić information content (AvgIpc) is 1.69. The van der Waals surface area contributed by atoms with Gasteiger partial charge in [-0.1, -0.05) is 318 Å². The molecule has 0 atom stereocenters. The van der Waals surface area contributed by atoms with Gasteiger partial charge in [0.25, 0.3) is 0 Å². The highest BCUT2D eigenvalue weighted by atomic mass is 32.2. The molecule has 594 valence electrons. The van der Waals surface area contributed by atoms with Crippen LogP contribution in [0.15, 0.2) is 311 Å². The zero-order valence-electron chi connectivity index (χ0n) is 80.4. The van der Waals surface area contributed by atoms with Gasteiger partial charge < -0.3 is 23.0 Å². The monoisotopic (exact) mass is 1590 g/mol. The number of fused-ring (bicyclic) bond motifs is 16. The Kier molecular flexibility index (Phi) is 15.1. The van der Waals surface area contributed by atoms with Gasteiger partial charge in [-0.15, -0.1) is 0 Å². The Balaban J connectivity index is 0.946. The SMILES string of the molecule is [2H]c1c([2H])c([2H])c2c(c1[2H])c1c([2H])c([2H])c([2H])c([2H])c1n2-c1ccc2c(c1)Sc1cc(-c3cc(C(C)(C)C)cc(C(C)(C)C)c3)cc3c1B2c1ccc(-n2c4ccc(C(C)(C)C)cc4c4cc(C(C)(C)C)ccc42)cc1N3c1c(-c2cccc3oc4ccccc4c23)cc(C(C)(C)C)cc1-c1cccc2c1c1ccccc1n2-c1cc(-c2ccccc2)cc(C(C)(C)C)c1. The third kappa shape index (κ3) is 12.4. The largest absolute Gasteiger partial charge is 0.456 e. The van der Waals surface area contributed by atoms with Crippen molar-refractivity contribution >= 4 is 139 Å². The van der Waals surface area contributed by atoms with Crippen LogP contribution in [0.3, 0.4) is 0 Å². The van der Waals surface area contributed by atoms with Gasteiger partial charge in [-0.25, -0.2) is 0 Å². The Morgan fingerprint density at radius 1 is 0.289 bits per heavy atom. The minimum absolute atomic E-state index is 0.0292. The van der Waals surface area contributed by atoms with Crippen LogP contribution < -0.4 is 21.3 Å². The molecule has 4 aromatic heterocycles. The lowest BCUT2D eigenvalue weighted by atomic mass is 9.34. The molecule has 2 aliphatic heterocycles. The summed E-state index contributed by atoms with van der Waals surface area (Å²) in [5, 5.41) is 6.64. The van der Waals surface area contributed by atoms with Crippen LogP contribution >= 0.6 is 11.8 Å². The van der Waals surface area contributed by atoms with Gasteiger partial charge in [-0.05, 0) is 231 Å². The van der Waals surface area contributed by atoms with Crippen LogP contribution in [0.4, 0.5) is 17.1 Å². The van der Waals surface area contributed by atoms with Crippen LogP contribution in [0.25, 0.3) is 149 Å². The van der Waals surface area contributed by atoms with E-state index in [9.17, 15) is 8.22 Å². The molecule has 0 amide bonds. The number of benzene rings is 15. The van der Waals surface area contributed by atoms with Gasteiger partial charge in [0, 0.05) is 92.4 Å². The quantitative estimate of drug-likeness (QED) is 0.142. The Bertz CT molecular complexity index is 7900. The second-order valence-electron chi connectivity index (χ2n) is 40.0. The molecule has 0 unspecified atom stereocenters. The topological polar surface area (TPSA) is 31.2 Å². The lowest BCUT2D eigenvalue weighted by molar-refractivity contribution is 0.569. The van der Waals surface area contributed by atoms with E-state index in [1.807, 2.05) is 6.07 Å². The van der Waals surface area contributed by atoms with E-state index in [2.05, 4.69) is 381 Å². The van der Waals surface area contributed by atoms with Crippen LogP contribution in [0, 0.1) is 0 Å². The van der Waals surface area contributed by atoms with Crippen molar-refractivity contribution in [1.82, 2.24) is 13.7 Å². The number of hydrogen-bond donors (Lipinski definition) is 0. The van der Waals surface area contributed by atoms with Crippen LogP contribution in [0.2, 0.25) is 0 Å². The third-order valence-corrected chi connectivity index (χ3v) is 26.9. The summed E-state index contributed by atoms with van der Waals surface area (Å²) in [4.78, 5) is 4.55. The summed E-state index contributed by atoms with van der Waals surface area (Å²) < 4.78 is 88.8. The number of aromatic nitrogens is 3. The molecule has 19 aromatic rings. The summed E-state index contributed by atoms with van der Waals surface area (Å²) in [5.41, 5.74) is 28.8. The number of rotatable bonds is 8. The molecule has 7 heteroatoms. The molecule has 15 aromatic carbocycles. The van der Waals surface area contributed by atoms with Crippen LogP contribution in [-0.4, -0.2) is 20.4 Å². The van der Waals surface area contributed by atoms with Crippen molar-refractivity contribution in [1.29, 1.82) is 0 Å². The zero-order valence-corrected chi connectivity index (χ0v) is 73.2. The maximum Gasteiger partial charge on any atom is 0.249 e. The predicted molar refractivity (Wildman–Crippen MR) is 521 cm³/mol. The van der Waals surface area contributed by atoms with Crippen molar-refractivity contribution in [3.8, 4) is 61.6 Å². The molecular weight excluding hydrogens is 1480 g/mol. The molecular formula is C114H103BN4OS. The smallest absolute Gasteiger partial charge is 0.249 e. The Hall–Kier alpha value is -12.3.